The van der Waals surface area contributed by atoms with E-state index in [4.69, 9.17) is 9.47 Å². The Labute approximate surface area is 140 Å². The van der Waals surface area contributed by atoms with Crippen molar-refractivity contribution >= 4 is 18.0 Å². The molecule has 1 aromatic rings. The largest absolute Gasteiger partial charge is 0.478 e. The molecule has 3 rings (SSSR count). The third kappa shape index (κ3) is 3.83. The van der Waals surface area contributed by atoms with Crippen molar-refractivity contribution in [2.24, 2.45) is 0 Å². The first-order valence-electron chi connectivity index (χ1n) is 8.13. The molecule has 6 nitrogen and oxygen atoms in total. The number of hydrogen-bond donors (Lipinski definition) is 1. The average molecular weight is 331 g/mol. The van der Waals surface area contributed by atoms with Crippen molar-refractivity contribution in [3.05, 3.63) is 41.5 Å². The third-order valence-electron chi connectivity index (χ3n) is 4.45. The highest BCUT2D eigenvalue weighted by Gasteiger charge is 2.40. The van der Waals surface area contributed by atoms with Gasteiger partial charge in [-0.05, 0) is 11.6 Å². The summed E-state index contributed by atoms with van der Waals surface area (Å²) in [5.74, 6) is -1.78. The molecule has 128 valence electrons. The summed E-state index contributed by atoms with van der Waals surface area (Å²) in [6.45, 7) is 2.24. The fraction of sp³-hybridized carbons (Fsp3) is 0.444. The number of carbonyl (C=O) groups is 2. The highest BCUT2D eigenvalue weighted by atomic mass is 16.7. The van der Waals surface area contributed by atoms with E-state index in [1.807, 2.05) is 30.3 Å². The molecular weight excluding hydrogens is 310 g/mol. The molecule has 2 aliphatic rings. The number of carboxylic acid groups (broad SMARTS) is 1. The summed E-state index contributed by atoms with van der Waals surface area (Å²) in [7, 11) is 0. The van der Waals surface area contributed by atoms with Crippen molar-refractivity contribution in [3.63, 3.8) is 0 Å². The van der Waals surface area contributed by atoms with Crippen molar-refractivity contribution in [1.29, 1.82) is 0 Å². The van der Waals surface area contributed by atoms with Crippen molar-refractivity contribution in [3.8, 4) is 0 Å². The fourth-order valence-corrected chi connectivity index (χ4v) is 3.10. The van der Waals surface area contributed by atoms with Gasteiger partial charge in [-0.15, -0.1) is 0 Å². The average Bonchev–Trinajstić information content (AvgIpc) is 3.03. The molecule has 1 amide bonds. The highest BCUT2D eigenvalue weighted by Crippen LogP contribution is 2.31. The van der Waals surface area contributed by atoms with E-state index in [0.29, 0.717) is 39.1 Å². The maximum Gasteiger partial charge on any atom is 0.332 e. The molecular formula is C18H21NO5. The Morgan fingerprint density at radius 1 is 1.12 bits per heavy atom. The van der Waals surface area contributed by atoms with Gasteiger partial charge in [0.2, 0.25) is 5.91 Å². The van der Waals surface area contributed by atoms with Gasteiger partial charge in [-0.1, -0.05) is 30.3 Å². The molecule has 2 fully saturated rings. The molecule has 0 atom stereocenters. The molecule has 2 heterocycles. The van der Waals surface area contributed by atoms with Gasteiger partial charge in [0.15, 0.2) is 5.79 Å². The first kappa shape index (κ1) is 16.7. The zero-order chi connectivity index (χ0) is 17.0. The van der Waals surface area contributed by atoms with Crippen LogP contribution in [-0.2, 0) is 19.1 Å². The predicted molar refractivity (Wildman–Crippen MR) is 87.1 cm³/mol. The van der Waals surface area contributed by atoms with E-state index in [0.717, 1.165) is 5.56 Å². The summed E-state index contributed by atoms with van der Waals surface area (Å²) in [5.41, 5.74) is 0.868. The monoisotopic (exact) mass is 331 g/mol. The number of benzene rings is 1. The Bertz CT molecular complexity index is 624. The molecule has 0 unspecified atom stereocenters. The Balaban J connectivity index is 1.62. The van der Waals surface area contributed by atoms with Gasteiger partial charge in [0.05, 0.1) is 19.6 Å². The van der Waals surface area contributed by atoms with Gasteiger partial charge in [0.25, 0.3) is 0 Å². The second-order valence-corrected chi connectivity index (χ2v) is 6.05. The Hall–Kier alpha value is -2.18. The molecule has 1 N–H and O–H groups in total. The van der Waals surface area contributed by atoms with Gasteiger partial charge in [-0.3, -0.25) is 4.79 Å². The van der Waals surface area contributed by atoms with Gasteiger partial charge in [-0.2, -0.15) is 0 Å². The molecule has 0 saturated carbocycles. The number of amides is 1. The molecule has 2 saturated heterocycles. The number of piperidine rings is 1. The van der Waals surface area contributed by atoms with E-state index in [2.05, 4.69) is 0 Å². The Kier molecular flexibility index (Phi) is 4.97. The van der Waals surface area contributed by atoms with Crippen LogP contribution in [0.15, 0.2) is 35.9 Å². The number of rotatable bonds is 4. The summed E-state index contributed by atoms with van der Waals surface area (Å²) in [5, 5.41) is 9.37. The first-order valence-corrected chi connectivity index (χ1v) is 8.13. The van der Waals surface area contributed by atoms with Crippen LogP contribution in [0.3, 0.4) is 0 Å². The molecule has 0 aromatic heterocycles. The van der Waals surface area contributed by atoms with Crippen molar-refractivity contribution in [1.82, 2.24) is 4.90 Å². The lowest BCUT2D eigenvalue weighted by atomic mass is 10.0. The van der Waals surface area contributed by atoms with Gasteiger partial charge < -0.3 is 19.5 Å². The van der Waals surface area contributed by atoms with E-state index in [9.17, 15) is 14.7 Å². The van der Waals surface area contributed by atoms with Crippen LogP contribution < -0.4 is 0 Å². The van der Waals surface area contributed by atoms with Gasteiger partial charge >= 0.3 is 5.97 Å². The standard InChI is InChI=1S/C18H21NO5/c20-16(19-8-6-18(7-9-19)23-10-11-24-18)13-15(17(21)22)12-14-4-2-1-3-5-14/h1-5,12H,6-11,13H2,(H,21,22)/b15-12+. The minimum absolute atomic E-state index is 0.0971. The van der Waals surface area contributed by atoms with Crippen LogP contribution in [0.4, 0.5) is 0 Å². The zero-order valence-corrected chi connectivity index (χ0v) is 13.4. The molecule has 0 aliphatic carbocycles. The second-order valence-electron chi connectivity index (χ2n) is 6.05. The number of hydrogen-bond acceptors (Lipinski definition) is 4. The third-order valence-corrected chi connectivity index (χ3v) is 4.45. The predicted octanol–water partition coefficient (Wildman–Crippen LogP) is 1.91. The van der Waals surface area contributed by atoms with E-state index in [1.165, 1.54) is 0 Å². The maximum atomic E-state index is 12.4. The van der Waals surface area contributed by atoms with Crippen LogP contribution in [0.5, 0.6) is 0 Å². The molecule has 1 aromatic carbocycles. The molecule has 0 radical (unpaired) electrons. The van der Waals surface area contributed by atoms with Crippen molar-refractivity contribution < 1.29 is 24.2 Å². The number of likely N-dealkylation sites (tertiary alicyclic amines) is 1. The molecule has 2 aliphatic heterocycles. The first-order chi connectivity index (χ1) is 11.6. The quantitative estimate of drug-likeness (QED) is 0.853. The summed E-state index contributed by atoms with van der Waals surface area (Å²) >= 11 is 0. The van der Waals surface area contributed by atoms with Crippen molar-refractivity contribution in [2.45, 2.75) is 25.0 Å². The summed E-state index contributed by atoms with van der Waals surface area (Å²) < 4.78 is 11.3. The number of carboxylic acids is 1. The smallest absolute Gasteiger partial charge is 0.332 e. The molecule has 1 spiro atoms. The summed E-state index contributed by atoms with van der Waals surface area (Å²) in [6, 6.07) is 9.15. The summed E-state index contributed by atoms with van der Waals surface area (Å²) in [4.78, 5) is 25.6. The molecule has 6 heteroatoms. The van der Waals surface area contributed by atoms with Crippen LogP contribution >= 0.6 is 0 Å². The number of ether oxygens (including phenoxy) is 2. The van der Waals surface area contributed by atoms with Crippen LogP contribution in [0.2, 0.25) is 0 Å². The van der Waals surface area contributed by atoms with E-state index in [1.54, 1.807) is 11.0 Å². The van der Waals surface area contributed by atoms with Gasteiger partial charge in [0, 0.05) is 31.5 Å². The Morgan fingerprint density at radius 3 is 2.33 bits per heavy atom. The van der Waals surface area contributed by atoms with E-state index < -0.39 is 11.8 Å². The second kappa shape index (κ2) is 7.15. The molecule has 0 bridgehead atoms. The lowest BCUT2D eigenvalue weighted by Crippen LogP contribution is -2.47. The van der Waals surface area contributed by atoms with E-state index in [-0.39, 0.29) is 17.9 Å². The molecule has 24 heavy (non-hydrogen) atoms. The normalized spacial score (nSPS) is 20.3. The minimum atomic E-state index is -1.07. The zero-order valence-electron chi connectivity index (χ0n) is 13.4. The van der Waals surface area contributed by atoms with Crippen LogP contribution in [0.1, 0.15) is 24.8 Å². The van der Waals surface area contributed by atoms with Crippen LogP contribution in [0.25, 0.3) is 6.08 Å². The topological polar surface area (TPSA) is 76.1 Å². The van der Waals surface area contributed by atoms with E-state index >= 15 is 0 Å². The van der Waals surface area contributed by atoms with Crippen LogP contribution in [-0.4, -0.2) is 54.0 Å². The van der Waals surface area contributed by atoms with Crippen molar-refractivity contribution in [2.75, 3.05) is 26.3 Å². The van der Waals surface area contributed by atoms with Gasteiger partial charge in [0.1, 0.15) is 0 Å². The Morgan fingerprint density at radius 2 is 1.75 bits per heavy atom. The minimum Gasteiger partial charge on any atom is -0.478 e. The SMILES string of the molecule is O=C(O)/C(=C/c1ccccc1)CC(=O)N1CCC2(CC1)OCCO2. The fourth-order valence-electron chi connectivity index (χ4n) is 3.10. The van der Waals surface area contributed by atoms with Gasteiger partial charge in [-0.25, -0.2) is 4.79 Å². The van der Waals surface area contributed by atoms with Crippen LogP contribution in [0, 0.1) is 0 Å². The maximum absolute atomic E-state index is 12.4. The highest BCUT2D eigenvalue weighted by molar-refractivity contribution is 5.98. The lowest BCUT2D eigenvalue weighted by Gasteiger charge is -2.37. The number of carbonyl (C=O) groups excluding carboxylic acids is 1. The lowest BCUT2D eigenvalue weighted by molar-refractivity contribution is -0.187. The number of aliphatic carboxylic acids is 1. The summed E-state index contributed by atoms with van der Waals surface area (Å²) in [6.07, 6.45) is 2.70. The number of nitrogens with zero attached hydrogens (tertiary/aromatic N) is 1.